The molecule has 5 heteroatoms. The van der Waals surface area contributed by atoms with E-state index in [0.717, 1.165) is 22.3 Å². The van der Waals surface area contributed by atoms with Gasteiger partial charge in [0, 0.05) is 11.1 Å². The quantitative estimate of drug-likeness (QED) is 0.225. The third-order valence-corrected chi connectivity index (χ3v) is 11.4. The first-order chi connectivity index (χ1) is 18.5. The van der Waals surface area contributed by atoms with Crippen molar-refractivity contribution in [1.82, 2.24) is 15.0 Å². The predicted molar refractivity (Wildman–Crippen MR) is 161 cm³/mol. The average molecular weight is 526 g/mol. The summed E-state index contributed by atoms with van der Waals surface area (Å²) in [6.07, 6.45) is 0. The van der Waals surface area contributed by atoms with Crippen molar-refractivity contribution in [3.8, 4) is 45.0 Å². The summed E-state index contributed by atoms with van der Waals surface area (Å²) in [5, 5.41) is 5.46. The van der Waals surface area contributed by atoms with Crippen LogP contribution in [0.25, 0.3) is 55.8 Å². The van der Waals surface area contributed by atoms with Gasteiger partial charge in [0.25, 0.3) is 0 Å². The van der Waals surface area contributed by atoms with Crippen molar-refractivity contribution in [3.05, 3.63) is 114 Å². The van der Waals surface area contributed by atoms with Crippen LogP contribution in [0.4, 0.5) is 0 Å². The van der Waals surface area contributed by atoms with Crippen molar-refractivity contribution < 1.29 is 0 Å². The first kappa shape index (κ1) is 23.0. The zero-order valence-electron chi connectivity index (χ0n) is 21.1. The minimum atomic E-state index is -1.82. The first-order valence-electron chi connectivity index (χ1n) is 12.7. The molecule has 182 valence electrons. The lowest BCUT2D eigenvalue weighted by molar-refractivity contribution is 1.07. The molecule has 0 saturated heterocycles. The van der Waals surface area contributed by atoms with Crippen LogP contribution in [0.3, 0.4) is 0 Å². The number of hydrogen-bond acceptors (Lipinski definition) is 3. The number of fused-ring (bicyclic) bond motifs is 4. The number of aromatic nitrogens is 3. The summed E-state index contributed by atoms with van der Waals surface area (Å²) in [5.74, 6) is 1.17. The third kappa shape index (κ3) is 3.60. The van der Waals surface area contributed by atoms with E-state index < -0.39 is 8.07 Å². The van der Waals surface area contributed by atoms with Gasteiger partial charge in [-0.3, -0.25) is 0 Å². The molecule has 2 heterocycles. The van der Waals surface area contributed by atoms with Gasteiger partial charge in [-0.2, -0.15) is 9.97 Å². The summed E-state index contributed by atoms with van der Waals surface area (Å²) >= 11 is 6.54. The molecule has 0 atom stereocenters. The Labute approximate surface area is 227 Å². The third-order valence-electron chi connectivity index (χ3n) is 7.70. The summed E-state index contributed by atoms with van der Waals surface area (Å²) < 4.78 is 0. The fraction of sp³-hybridized carbons (Fsp3) is 0.0606. The topological polar surface area (TPSA) is 38.7 Å². The van der Waals surface area contributed by atoms with Crippen LogP contribution in [0.15, 0.2) is 109 Å². The zero-order chi connectivity index (χ0) is 25.9. The van der Waals surface area contributed by atoms with Gasteiger partial charge in [-0.05, 0) is 55.0 Å². The molecule has 1 aliphatic heterocycles. The first-order valence-corrected chi connectivity index (χ1v) is 16.1. The van der Waals surface area contributed by atoms with Crippen LogP contribution in [0.2, 0.25) is 18.4 Å². The Kier molecular flexibility index (Phi) is 5.29. The number of nitrogens with zero attached hydrogens (tertiary/aromatic N) is 3. The fourth-order valence-electron chi connectivity index (χ4n) is 5.82. The van der Waals surface area contributed by atoms with Crippen LogP contribution >= 0.6 is 11.6 Å². The molecule has 5 aromatic carbocycles. The molecular formula is C33H24ClN3Si. The number of rotatable bonds is 3. The van der Waals surface area contributed by atoms with Gasteiger partial charge in [0.2, 0.25) is 5.28 Å². The van der Waals surface area contributed by atoms with Crippen molar-refractivity contribution in [3.63, 3.8) is 0 Å². The molecule has 38 heavy (non-hydrogen) atoms. The van der Waals surface area contributed by atoms with Gasteiger partial charge < -0.3 is 0 Å². The minimum absolute atomic E-state index is 0.193. The van der Waals surface area contributed by atoms with Gasteiger partial charge in [0.15, 0.2) is 11.6 Å². The molecule has 0 aliphatic carbocycles. The highest BCUT2D eigenvalue weighted by molar-refractivity contribution is 7.03. The van der Waals surface area contributed by atoms with Crippen molar-refractivity contribution in [2.45, 2.75) is 13.1 Å². The van der Waals surface area contributed by atoms with E-state index in [1.165, 1.54) is 32.3 Å². The molecule has 6 aromatic rings. The molecule has 1 aliphatic rings. The summed E-state index contributed by atoms with van der Waals surface area (Å²) in [6.45, 7) is 4.82. The summed E-state index contributed by atoms with van der Waals surface area (Å²) in [5.41, 5.74) is 6.77. The lowest BCUT2D eigenvalue weighted by Crippen LogP contribution is -2.49. The Hall–Kier alpha value is -4.12. The molecule has 0 radical (unpaired) electrons. The fourth-order valence-corrected chi connectivity index (χ4v) is 9.08. The van der Waals surface area contributed by atoms with Crippen LogP contribution in [-0.2, 0) is 0 Å². The van der Waals surface area contributed by atoms with Crippen LogP contribution < -0.4 is 10.4 Å². The van der Waals surface area contributed by atoms with E-state index in [1.54, 1.807) is 0 Å². The molecule has 0 N–H and O–H groups in total. The van der Waals surface area contributed by atoms with Gasteiger partial charge in [0.05, 0.1) is 0 Å². The Bertz CT molecular complexity index is 1870. The van der Waals surface area contributed by atoms with Gasteiger partial charge in [0.1, 0.15) is 8.07 Å². The largest absolute Gasteiger partial charge is 0.226 e. The van der Waals surface area contributed by atoms with E-state index in [-0.39, 0.29) is 5.28 Å². The second-order valence-electron chi connectivity index (χ2n) is 10.3. The lowest BCUT2D eigenvalue weighted by atomic mass is 9.94. The summed E-state index contributed by atoms with van der Waals surface area (Å²) in [4.78, 5) is 14.1. The Morgan fingerprint density at radius 3 is 2.03 bits per heavy atom. The van der Waals surface area contributed by atoms with E-state index in [4.69, 9.17) is 16.6 Å². The Morgan fingerprint density at radius 2 is 1.16 bits per heavy atom. The summed E-state index contributed by atoms with van der Waals surface area (Å²) in [6, 6.07) is 38.4. The van der Waals surface area contributed by atoms with Gasteiger partial charge in [-0.25, -0.2) is 4.98 Å². The molecule has 0 amide bonds. The minimum Gasteiger partial charge on any atom is -0.208 e. The standard InChI is InChI=1S/C33H24ClN3Si/c1-38(2)29-17-8-7-14-26(29)27-19-18-22(20-30(27)38)31-35-32(37-33(34)36-31)28-15-6-5-13-25(28)24-16-9-11-21-10-3-4-12-23(21)24/h3-20H,1-2H3. The molecule has 7 rings (SSSR count). The highest BCUT2D eigenvalue weighted by Crippen LogP contribution is 2.36. The Balaban J connectivity index is 1.37. The smallest absolute Gasteiger partial charge is 0.208 e. The van der Waals surface area contributed by atoms with Crippen LogP contribution in [-0.4, -0.2) is 23.0 Å². The van der Waals surface area contributed by atoms with E-state index in [1.807, 2.05) is 6.07 Å². The second kappa shape index (κ2) is 8.73. The van der Waals surface area contributed by atoms with Crippen molar-refractivity contribution in [2.24, 2.45) is 0 Å². The molecule has 1 aromatic heterocycles. The van der Waals surface area contributed by atoms with E-state index >= 15 is 0 Å². The maximum Gasteiger partial charge on any atom is 0.226 e. The number of halogens is 1. The van der Waals surface area contributed by atoms with Crippen molar-refractivity contribution >= 4 is 40.8 Å². The monoisotopic (exact) mass is 525 g/mol. The van der Waals surface area contributed by atoms with Crippen LogP contribution in [0.5, 0.6) is 0 Å². The van der Waals surface area contributed by atoms with Crippen molar-refractivity contribution in [1.29, 1.82) is 0 Å². The van der Waals surface area contributed by atoms with E-state index in [9.17, 15) is 0 Å². The van der Waals surface area contributed by atoms with Gasteiger partial charge in [-0.1, -0.05) is 122 Å². The number of hydrogen-bond donors (Lipinski definition) is 0. The van der Waals surface area contributed by atoms with Gasteiger partial charge in [-0.15, -0.1) is 0 Å². The summed E-state index contributed by atoms with van der Waals surface area (Å²) in [7, 11) is -1.82. The SMILES string of the molecule is C[Si]1(C)c2ccccc2-c2ccc(-c3nc(Cl)nc(-c4ccccc4-c4cccc5ccccc45)n3)cc21. The van der Waals surface area contributed by atoms with Crippen molar-refractivity contribution in [2.75, 3.05) is 0 Å². The zero-order valence-corrected chi connectivity index (χ0v) is 22.9. The molecule has 0 unspecified atom stereocenters. The molecular weight excluding hydrogens is 502 g/mol. The second-order valence-corrected chi connectivity index (χ2v) is 14.9. The highest BCUT2D eigenvalue weighted by Gasteiger charge is 2.37. The molecule has 3 nitrogen and oxygen atoms in total. The van der Waals surface area contributed by atoms with Gasteiger partial charge >= 0.3 is 0 Å². The van der Waals surface area contributed by atoms with E-state index in [0.29, 0.717) is 11.6 Å². The lowest BCUT2D eigenvalue weighted by Gasteiger charge is -2.19. The average Bonchev–Trinajstić information content (AvgIpc) is 3.18. The molecule has 0 saturated carbocycles. The van der Waals surface area contributed by atoms with Crippen LogP contribution in [0, 0.1) is 0 Å². The van der Waals surface area contributed by atoms with Crippen LogP contribution in [0.1, 0.15) is 0 Å². The van der Waals surface area contributed by atoms with E-state index in [2.05, 4.69) is 126 Å². The maximum absolute atomic E-state index is 6.54. The maximum atomic E-state index is 6.54. The molecule has 0 spiro atoms. The predicted octanol–water partition coefficient (Wildman–Crippen LogP) is 7.48. The number of benzene rings is 5. The Morgan fingerprint density at radius 1 is 0.526 bits per heavy atom. The normalized spacial score (nSPS) is 13.3. The molecule has 0 bridgehead atoms. The highest BCUT2D eigenvalue weighted by atomic mass is 35.5. The molecule has 0 fully saturated rings.